The summed E-state index contributed by atoms with van der Waals surface area (Å²) in [6, 6.07) is 12.3. The van der Waals surface area contributed by atoms with E-state index >= 15 is 0 Å². The average molecular weight is 351 g/mol. The van der Waals surface area contributed by atoms with Gasteiger partial charge >= 0.3 is 0 Å². The fourth-order valence-corrected chi connectivity index (χ4v) is 3.67. The van der Waals surface area contributed by atoms with Crippen LogP contribution in [0, 0.1) is 6.92 Å². The Labute approximate surface area is 156 Å². The Morgan fingerprint density at radius 2 is 1.77 bits per heavy atom. The van der Waals surface area contributed by atoms with Crippen LogP contribution in [-0.2, 0) is 17.6 Å². The van der Waals surface area contributed by atoms with E-state index in [-0.39, 0.29) is 5.91 Å². The van der Waals surface area contributed by atoms with E-state index < -0.39 is 6.10 Å². The van der Waals surface area contributed by atoms with E-state index in [9.17, 15) is 4.79 Å². The molecule has 0 unspecified atom stereocenters. The van der Waals surface area contributed by atoms with Gasteiger partial charge in [-0.15, -0.1) is 0 Å². The van der Waals surface area contributed by atoms with Gasteiger partial charge in [-0.3, -0.25) is 4.79 Å². The first-order chi connectivity index (χ1) is 12.5. The second-order valence-electron chi connectivity index (χ2n) is 7.54. The van der Waals surface area contributed by atoms with Crippen molar-refractivity contribution in [2.75, 3.05) is 5.32 Å². The molecule has 3 rings (SSSR count). The van der Waals surface area contributed by atoms with Crippen LogP contribution in [0.2, 0.25) is 0 Å². The predicted octanol–water partition coefficient (Wildman–Crippen LogP) is 5.40. The quantitative estimate of drug-likeness (QED) is 0.783. The number of anilines is 1. The number of para-hydroxylation sites is 1. The molecule has 0 fully saturated rings. The zero-order chi connectivity index (χ0) is 18.7. The molecule has 0 aromatic heterocycles. The Morgan fingerprint density at radius 1 is 1.04 bits per heavy atom. The first-order valence-corrected chi connectivity index (χ1v) is 9.65. The third-order valence-corrected chi connectivity index (χ3v) is 5.20. The highest BCUT2D eigenvalue weighted by Gasteiger charge is 2.21. The maximum absolute atomic E-state index is 12.8. The van der Waals surface area contributed by atoms with Crippen molar-refractivity contribution in [3.63, 3.8) is 0 Å². The molecule has 3 nitrogen and oxygen atoms in total. The van der Waals surface area contributed by atoms with E-state index in [4.69, 9.17) is 4.74 Å². The highest BCUT2D eigenvalue weighted by Crippen LogP contribution is 2.31. The average Bonchev–Trinajstić information content (AvgIpc) is 2.63. The number of hydrogen-bond acceptors (Lipinski definition) is 2. The smallest absolute Gasteiger partial charge is 0.265 e. The van der Waals surface area contributed by atoms with E-state index in [0.717, 1.165) is 35.4 Å². The summed E-state index contributed by atoms with van der Waals surface area (Å²) in [6.07, 6.45) is 4.03. The molecule has 0 saturated heterocycles. The molecule has 2 aromatic rings. The lowest BCUT2D eigenvalue weighted by molar-refractivity contribution is -0.122. The van der Waals surface area contributed by atoms with Crippen LogP contribution < -0.4 is 10.1 Å². The molecule has 1 N–H and O–H groups in total. The van der Waals surface area contributed by atoms with Crippen molar-refractivity contribution in [2.24, 2.45) is 0 Å². The summed E-state index contributed by atoms with van der Waals surface area (Å²) in [5.41, 5.74) is 5.79. The number of aryl methyl sites for hydroxylation is 2. The number of hydrogen-bond donors (Lipinski definition) is 1. The van der Waals surface area contributed by atoms with Crippen molar-refractivity contribution in [3.8, 4) is 5.75 Å². The van der Waals surface area contributed by atoms with Gasteiger partial charge in [0.25, 0.3) is 5.91 Å². The van der Waals surface area contributed by atoms with E-state index in [0.29, 0.717) is 5.92 Å². The Balaban J connectivity index is 1.76. The molecule has 1 aliphatic rings. The predicted molar refractivity (Wildman–Crippen MR) is 107 cm³/mol. The van der Waals surface area contributed by atoms with Crippen LogP contribution in [0.15, 0.2) is 36.4 Å². The Bertz CT molecular complexity index is 795. The standard InChI is InChI=1S/C23H29NO2/c1-15(2)19-13-7-9-16(3)22(19)24-23(25)17(4)26-21-14-8-11-18-10-5-6-12-20(18)21/h7-9,11,13-15,17H,5-6,10,12H2,1-4H3,(H,24,25)/t17-/m0/s1. The van der Waals surface area contributed by atoms with Crippen LogP contribution in [0.25, 0.3) is 0 Å². The Morgan fingerprint density at radius 3 is 2.54 bits per heavy atom. The molecule has 26 heavy (non-hydrogen) atoms. The van der Waals surface area contributed by atoms with Crippen molar-refractivity contribution in [3.05, 3.63) is 58.7 Å². The first-order valence-electron chi connectivity index (χ1n) is 9.65. The summed E-state index contributed by atoms with van der Waals surface area (Å²) in [6.45, 7) is 8.13. The zero-order valence-corrected chi connectivity index (χ0v) is 16.3. The molecular weight excluding hydrogens is 322 g/mol. The van der Waals surface area contributed by atoms with Crippen LogP contribution in [-0.4, -0.2) is 12.0 Å². The number of carbonyl (C=O) groups excluding carboxylic acids is 1. The third-order valence-electron chi connectivity index (χ3n) is 5.20. The van der Waals surface area contributed by atoms with Crippen molar-refractivity contribution >= 4 is 11.6 Å². The summed E-state index contributed by atoms with van der Waals surface area (Å²) in [5.74, 6) is 1.11. The normalized spacial score (nSPS) is 14.7. The number of fused-ring (bicyclic) bond motifs is 1. The summed E-state index contributed by atoms with van der Waals surface area (Å²) < 4.78 is 6.07. The van der Waals surface area contributed by atoms with E-state index in [1.54, 1.807) is 0 Å². The summed E-state index contributed by atoms with van der Waals surface area (Å²) in [7, 11) is 0. The molecule has 1 atom stereocenters. The van der Waals surface area contributed by atoms with Crippen molar-refractivity contribution < 1.29 is 9.53 Å². The molecule has 0 heterocycles. The topological polar surface area (TPSA) is 38.3 Å². The Hall–Kier alpha value is -2.29. The summed E-state index contributed by atoms with van der Waals surface area (Å²) >= 11 is 0. The van der Waals surface area contributed by atoms with Gasteiger partial charge in [0.2, 0.25) is 0 Å². The second kappa shape index (κ2) is 7.94. The van der Waals surface area contributed by atoms with Crippen LogP contribution in [0.3, 0.4) is 0 Å². The van der Waals surface area contributed by atoms with Crippen LogP contribution in [0.5, 0.6) is 5.75 Å². The minimum Gasteiger partial charge on any atom is -0.481 e. The Kier molecular flexibility index (Phi) is 5.65. The van der Waals surface area contributed by atoms with Gasteiger partial charge in [-0.2, -0.15) is 0 Å². The van der Waals surface area contributed by atoms with Crippen LogP contribution >= 0.6 is 0 Å². The monoisotopic (exact) mass is 351 g/mol. The van der Waals surface area contributed by atoms with Crippen molar-refractivity contribution in [2.45, 2.75) is 65.4 Å². The summed E-state index contributed by atoms with van der Waals surface area (Å²) in [4.78, 5) is 12.8. The molecule has 0 spiro atoms. The molecule has 0 radical (unpaired) electrons. The number of benzene rings is 2. The van der Waals surface area contributed by atoms with E-state index in [1.165, 1.54) is 24.0 Å². The molecule has 0 aliphatic heterocycles. The zero-order valence-electron chi connectivity index (χ0n) is 16.3. The maximum atomic E-state index is 12.8. The number of ether oxygens (including phenoxy) is 1. The summed E-state index contributed by atoms with van der Waals surface area (Å²) in [5, 5.41) is 3.10. The van der Waals surface area contributed by atoms with Gasteiger partial charge in [-0.1, -0.05) is 44.2 Å². The van der Waals surface area contributed by atoms with Crippen LogP contribution in [0.4, 0.5) is 5.69 Å². The van der Waals surface area contributed by atoms with Crippen molar-refractivity contribution in [1.29, 1.82) is 0 Å². The number of carbonyl (C=O) groups is 1. The number of nitrogens with one attached hydrogen (secondary N) is 1. The van der Waals surface area contributed by atoms with Gasteiger partial charge in [0.15, 0.2) is 6.10 Å². The molecule has 138 valence electrons. The first kappa shape index (κ1) is 18.5. The third kappa shape index (κ3) is 3.92. The molecule has 1 aliphatic carbocycles. The minimum atomic E-state index is -0.539. The largest absolute Gasteiger partial charge is 0.481 e. The van der Waals surface area contributed by atoms with Gasteiger partial charge in [0.1, 0.15) is 5.75 Å². The van der Waals surface area contributed by atoms with E-state index in [2.05, 4.69) is 31.3 Å². The van der Waals surface area contributed by atoms with Gasteiger partial charge in [0, 0.05) is 5.69 Å². The fourth-order valence-electron chi connectivity index (χ4n) is 3.67. The SMILES string of the molecule is Cc1cccc(C(C)C)c1NC(=O)[C@H](C)Oc1cccc2c1CCCC2. The lowest BCUT2D eigenvalue weighted by atomic mass is 9.91. The van der Waals surface area contributed by atoms with Gasteiger partial charge in [-0.25, -0.2) is 0 Å². The lowest BCUT2D eigenvalue weighted by Gasteiger charge is -2.23. The highest BCUT2D eigenvalue weighted by atomic mass is 16.5. The number of rotatable bonds is 5. The molecule has 0 bridgehead atoms. The fraction of sp³-hybridized carbons (Fsp3) is 0.435. The van der Waals surface area contributed by atoms with Gasteiger partial charge < -0.3 is 10.1 Å². The second-order valence-corrected chi connectivity index (χ2v) is 7.54. The number of amides is 1. The molecular formula is C23H29NO2. The van der Waals surface area contributed by atoms with Crippen LogP contribution in [0.1, 0.15) is 61.8 Å². The van der Waals surface area contributed by atoms with Gasteiger partial charge in [0.05, 0.1) is 0 Å². The minimum absolute atomic E-state index is 0.102. The lowest BCUT2D eigenvalue weighted by Crippen LogP contribution is -2.31. The molecule has 0 saturated carbocycles. The molecule has 1 amide bonds. The van der Waals surface area contributed by atoms with Crippen molar-refractivity contribution in [1.82, 2.24) is 0 Å². The molecule has 2 aromatic carbocycles. The highest BCUT2D eigenvalue weighted by molar-refractivity contribution is 5.95. The van der Waals surface area contributed by atoms with Gasteiger partial charge in [-0.05, 0) is 73.8 Å². The van der Waals surface area contributed by atoms with E-state index in [1.807, 2.05) is 38.1 Å². The molecule has 3 heteroatoms. The maximum Gasteiger partial charge on any atom is 0.265 e.